The summed E-state index contributed by atoms with van der Waals surface area (Å²) in [7, 11) is 0. The summed E-state index contributed by atoms with van der Waals surface area (Å²) in [5.41, 5.74) is 4.40. The van der Waals surface area contributed by atoms with E-state index in [-0.39, 0.29) is 42.9 Å². The summed E-state index contributed by atoms with van der Waals surface area (Å²) >= 11 is 0. The smallest absolute Gasteiger partial charge is 0.407 e. The van der Waals surface area contributed by atoms with E-state index in [1.165, 1.54) is 11.1 Å². The molecule has 7 heteroatoms. The van der Waals surface area contributed by atoms with Gasteiger partial charge in [0.05, 0.1) is 5.92 Å². The minimum Gasteiger partial charge on any atom is -0.481 e. The summed E-state index contributed by atoms with van der Waals surface area (Å²) in [4.78, 5) is 38.7. The van der Waals surface area contributed by atoms with Gasteiger partial charge in [-0.2, -0.15) is 0 Å². The van der Waals surface area contributed by atoms with Crippen molar-refractivity contribution in [3.8, 4) is 11.1 Å². The molecule has 0 bridgehead atoms. The lowest BCUT2D eigenvalue weighted by Gasteiger charge is -2.22. The molecule has 7 nitrogen and oxygen atoms in total. The van der Waals surface area contributed by atoms with Crippen LogP contribution in [-0.2, 0) is 14.3 Å². The van der Waals surface area contributed by atoms with Gasteiger partial charge in [0.2, 0.25) is 5.91 Å². The van der Waals surface area contributed by atoms with E-state index in [1.54, 1.807) is 4.90 Å². The molecule has 1 saturated heterocycles. The topological polar surface area (TPSA) is 95.9 Å². The third-order valence-corrected chi connectivity index (χ3v) is 7.77. The summed E-state index contributed by atoms with van der Waals surface area (Å²) < 4.78 is 5.62. The van der Waals surface area contributed by atoms with Crippen molar-refractivity contribution >= 4 is 18.0 Å². The Balaban J connectivity index is 1.17. The van der Waals surface area contributed by atoms with Crippen LogP contribution in [0.3, 0.4) is 0 Å². The van der Waals surface area contributed by atoms with Gasteiger partial charge in [0.15, 0.2) is 0 Å². The second-order valence-corrected chi connectivity index (χ2v) is 9.81. The molecule has 2 atom stereocenters. The molecule has 2 aliphatic carbocycles. The third-order valence-electron chi connectivity index (χ3n) is 7.77. The maximum atomic E-state index is 12.9. The van der Waals surface area contributed by atoms with Crippen LogP contribution in [0.5, 0.6) is 0 Å². The summed E-state index contributed by atoms with van der Waals surface area (Å²) in [6, 6.07) is 16.0. The first kappa shape index (κ1) is 22.4. The van der Waals surface area contributed by atoms with Gasteiger partial charge in [-0.15, -0.1) is 0 Å². The van der Waals surface area contributed by atoms with Crippen LogP contribution in [0.1, 0.15) is 49.7 Å². The van der Waals surface area contributed by atoms with Crippen molar-refractivity contribution in [3.63, 3.8) is 0 Å². The number of aliphatic carboxylic acids is 1. The normalized spacial score (nSPS) is 20.5. The van der Waals surface area contributed by atoms with Crippen LogP contribution < -0.4 is 5.32 Å². The Morgan fingerprint density at radius 1 is 1.09 bits per heavy atom. The fourth-order valence-electron chi connectivity index (χ4n) is 5.61. The lowest BCUT2D eigenvalue weighted by atomic mass is 9.93. The lowest BCUT2D eigenvalue weighted by molar-refractivity contribution is -0.143. The number of amides is 2. The van der Waals surface area contributed by atoms with Gasteiger partial charge in [-0.3, -0.25) is 9.59 Å². The summed E-state index contributed by atoms with van der Waals surface area (Å²) in [6.45, 7) is 2.90. The first-order valence-corrected chi connectivity index (χ1v) is 12.0. The molecule has 2 N–H and O–H groups in total. The maximum absolute atomic E-state index is 12.9. The predicted octanol–water partition coefficient (Wildman–Crippen LogP) is 4.02. The van der Waals surface area contributed by atoms with Crippen molar-refractivity contribution in [2.24, 2.45) is 11.3 Å². The number of likely N-dealkylation sites (tertiary alicyclic amines) is 1. The van der Waals surface area contributed by atoms with Gasteiger partial charge >= 0.3 is 12.1 Å². The summed E-state index contributed by atoms with van der Waals surface area (Å²) in [6.07, 6.45) is 1.91. The number of benzene rings is 2. The summed E-state index contributed by atoms with van der Waals surface area (Å²) in [5.74, 6) is -1.43. The van der Waals surface area contributed by atoms with Crippen molar-refractivity contribution in [3.05, 3.63) is 59.7 Å². The molecule has 1 aliphatic heterocycles. The van der Waals surface area contributed by atoms with Crippen molar-refractivity contribution in [1.82, 2.24) is 10.2 Å². The monoisotopic (exact) mass is 462 g/mol. The van der Waals surface area contributed by atoms with Gasteiger partial charge in [-0.25, -0.2) is 4.79 Å². The average molecular weight is 463 g/mol. The number of nitrogens with zero attached hydrogens (tertiary/aromatic N) is 1. The molecule has 3 aliphatic rings. The number of carbonyl (C=O) groups is 3. The molecule has 1 spiro atoms. The Morgan fingerprint density at radius 3 is 2.24 bits per heavy atom. The first-order valence-electron chi connectivity index (χ1n) is 12.0. The van der Waals surface area contributed by atoms with Crippen molar-refractivity contribution in [1.29, 1.82) is 0 Å². The highest BCUT2D eigenvalue weighted by Crippen LogP contribution is 2.56. The molecular weight excluding hydrogens is 432 g/mol. The largest absolute Gasteiger partial charge is 0.481 e. The number of fused-ring (bicyclic) bond motifs is 3. The molecule has 1 heterocycles. The molecule has 2 amide bonds. The van der Waals surface area contributed by atoms with Crippen LogP contribution >= 0.6 is 0 Å². The zero-order chi connectivity index (χ0) is 23.9. The molecule has 0 aromatic heterocycles. The number of ether oxygens (including phenoxy) is 1. The molecule has 2 fully saturated rings. The molecule has 34 heavy (non-hydrogen) atoms. The van der Waals surface area contributed by atoms with E-state index >= 15 is 0 Å². The molecule has 2 aromatic carbocycles. The van der Waals surface area contributed by atoms with Gasteiger partial charge in [0, 0.05) is 36.9 Å². The molecule has 178 valence electrons. The fraction of sp³-hybridized carbons (Fsp3) is 0.444. The number of rotatable bonds is 7. The highest BCUT2D eigenvalue weighted by Gasteiger charge is 2.58. The van der Waals surface area contributed by atoms with E-state index in [1.807, 2.05) is 31.2 Å². The van der Waals surface area contributed by atoms with Crippen LogP contribution in [0.25, 0.3) is 11.1 Å². The van der Waals surface area contributed by atoms with Gasteiger partial charge in [0.1, 0.15) is 6.61 Å². The van der Waals surface area contributed by atoms with Gasteiger partial charge in [-0.1, -0.05) is 55.5 Å². The zero-order valence-electron chi connectivity index (χ0n) is 19.3. The van der Waals surface area contributed by atoms with E-state index in [2.05, 4.69) is 29.6 Å². The minimum absolute atomic E-state index is 0.0212. The van der Waals surface area contributed by atoms with Crippen LogP contribution in [-0.4, -0.2) is 53.7 Å². The number of nitrogens with one attached hydrogen (secondary N) is 1. The highest BCUT2D eigenvalue weighted by molar-refractivity contribution is 5.81. The van der Waals surface area contributed by atoms with Gasteiger partial charge in [0.25, 0.3) is 0 Å². The quantitative estimate of drug-likeness (QED) is 0.648. The van der Waals surface area contributed by atoms with Crippen molar-refractivity contribution < 1.29 is 24.2 Å². The Bertz CT molecular complexity index is 1080. The molecule has 2 unspecified atom stereocenters. The summed E-state index contributed by atoms with van der Waals surface area (Å²) in [5, 5.41) is 12.3. The Labute approximate surface area is 199 Å². The number of carbonyl (C=O) groups excluding carboxylic acids is 2. The Hall–Kier alpha value is -3.35. The maximum Gasteiger partial charge on any atom is 0.407 e. The standard InChI is InChI=1S/C27H30N2O5/c1-2-17(13-24(30)29-14-23(25(31)32)27(16-29)11-12-27)28-26(33)34-15-22-20-9-5-3-7-18(20)19-8-4-6-10-21(19)22/h3-10,17,22-23H,2,11-16H2,1H3,(H,28,33)(H,31,32). The van der Waals surface area contributed by atoms with E-state index in [0.29, 0.717) is 13.0 Å². The fourth-order valence-corrected chi connectivity index (χ4v) is 5.61. The zero-order valence-corrected chi connectivity index (χ0v) is 19.3. The second kappa shape index (κ2) is 8.78. The second-order valence-electron chi connectivity index (χ2n) is 9.81. The molecule has 0 radical (unpaired) electrons. The van der Waals surface area contributed by atoms with Crippen molar-refractivity contribution in [2.45, 2.75) is 44.6 Å². The molecular formula is C27H30N2O5. The first-order chi connectivity index (χ1) is 16.4. The lowest BCUT2D eigenvalue weighted by Crippen LogP contribution is -2.40. The number of hydrogen-bond donors (Lipinski definition) is 2. The number of alkyl carbamates (subject to hydrolysis) is 1. The van der Waals surface area contributed by atoms with Crippen LogP contribution in [0.2, 0.25) is 0 Å². The van der Waals surface area contributed by atoms with E-state index in [0.717, 1.165) is 24.0 Å². The van der Waals surface area contributed by atoms with Crippen LogP contribution in [0, 0.1) is 11.3 Å². The average Bonchev–Trinajstić information content (AvgIpc) is 3.38. The van der Waals surface area contributed by atoms with Crippen molar-refractivity contribution in [2.75, 3.05) is 19.7 Å². The molecule has 2 aromatic rings. The number of hydrogen-bond acceptors (Lipinski definition) is 4. The number of carboxylic acid groups (broad SMARTS) is 1. The van der Waals surface area contributed by atoms with E-state index < -0.39 is 18.0 Å². The molecule has 5 rings (SSSR count). The van der Waals surface area contributed by atoms with Crippen LogP contribution in [0.15, 0.2) is 48.5 Å². The van der Waals surface area contributed by atoms with Gasteiger partial charge < -0.3 is 20.1 Å². The van der Waals surface area contributed by atoms with Gasteiger partial charge in [-0.05, 0) is 41.5 Å². The van der Waals surface area contributed by atoms with E-state index in [4.69, 9.17) is 4.74 Å². The van der Waals surface area contributed by atoms with Crippen LogP contribution in [0.4, 0.5) is 4.79 Å². The SMILES string of the molecule is CCC(CC(=O)N1CC(C(=O)O)C2(CC2)C1)NC(=O)OCC1c2ccccc2-c2ccccc21. The minimum atomic E-state index is -0.823. The Morgan fingerprint density at radius 2 is 1.71 bits per heavy atom. The van der Waals surface area contributed by atoms with E-state index in [9.17, 15) is 19.5 Å². The highest BCUT2D eigenvalue weighted by atomic mass is 16.5. The molecule has 1 saturated carbocycles. The third kappa shape index (κ3) is 4.04. The predicted molar refractivity (Wildman–Crippen MR) is 126 cm³/mol. The Kier molecular flexibility index (Phi) is 5.80. The number of carboxylic acids is 1.